The average molecular weight is 327 g/mol. The molecule has 1 unspecified atom stereocenters. The number of primary amides is 1. The number of hydrogen-bond donors (Lipinski definition) is 2. The Morgan fingerprint density at radius 3 is 2.59 bits per heavy atom. The van der Waals surface area contributed by atoms with E-state index in [1.54, 1.807) is 0 Å². The first-order chi connectivity index (χ1) is 10.3. The summed E-state index contributed by atoms with van der Waals surface area (Å²) in [5, 5.41) is 2.63. The van der Waals surface area contributed by atoms with Crippen molar-refractivity contribution < 1.29 is 14.4 Å². The number of aromatic nitrogens is 1. The molecule has 22 heavy (non-hydrogen) atoms. The predicted molar refractivity (Wildman–Crippen MR) is 83.1 cm³/mol. The van der Waals surface area contributed by atoms with E-state index in [0.717, 1.165) is 19.4 Å². The Kier molecular flexibility index (Phi) is 6.78. The minimum Gasteiger partial charge on any atom is -0.361 e. The number of carbonyl (C=O) groups is 3. The predicted octanol–water partition coefficient (Wildman–Crippen LogP) is 1.03. The molecule has 0 aromatic carbocycles. The van der Waals surface area contributed by atoms with Gasteiger partial charge in [0, 0.05) is 26.2 Å². The molecule has 1 aliphatic heterocycles. The molecule has 1 atom stereocenters. The second-order valence-electron chi connectivity index (χ2n) is 5.10. The normalized spacial score (nSPS) is 17.3. The highest BCUT2D eigenvalue weighted by Gasteiger charge is 2.18. The van der Waals surface area contributed by atoms with Gasteiger partial charge < -0.3 is 16.0 Å². The maximum Gasteiger partial charge on any atom is 0.314 e. The van der Waals surface area contributed by atoms with E-state index in [-0.39, 0.29) is 5.82 Å². The van der Waals surface area contributed by atoms with Crippen LogP contribution >= 0.6 is 11.6 Å². The molecule has 1 aromatic heterocycles. The van der Waals surface area contributed by atoms with Gasteiger partial charge >= 0.3 is 11.8 Å². The van der Waals surface area contributed by atoms with Crippen LogP contribution in [0.4, 0.5) is 5.82 Å². The number of hydrogen-bond acceptors (Lipinski definition) is 4. The van der Waals surface area contributed by atoms with Gasteiger partial charge in [0.05, 0.1) is 5.02 Å². The maximum atomic E-state index is 10.9. The largest absolute Gasteiger partial charge is 0.361 e. The third-order valence-electron chi connectivity index (χ3n) is 3.06. The number of nitrogens with zero attached hydrogens (tertiary/aromatic N) is 2. The van der Waals surface area contributed by atoms with E-state index in [1.807, 2.05) is 11.9 Å². The topological polar surface area (TPSA) is 105 Å². The lowest BCUT2D eigenvalue weighted by Gasteiger charge is -2.26. The van der Waals surface area contributed by atoms with Gasteiger partial charge in [0.15, 0.2) is 0 Å². The molecular weight excluding hydrogens is 308 g/mol. The Labute approximate surface area is 133 Å². The van der Waals surface area contributed by atoms with E-state index in [1.165, 1.54) is 18.3 Å². The molecule has 2 rings (SSSR count). The molecule has 0 aliphatic carbocycles. The summed E-state index contributed by atoms with van der Waals surface area (Å²) in [7, 11) is 1.87. The molecule has 7 nitrogen and oxygen atoms in total. The van der Waals surface area contributed by atoms with Crippen LogP contribution in [0.1, 0.15) is 19.8 Å². The fourth-order valence-corrected chi connectivity index (χ4v) is 1.96. The molecule has 3 amide bonds. The molecule has 3 N–H and O–H groups in total. The lowest BCUT2D eigenvalue weighted by atomic mass is 10.0. The van der Waals surface area contributed by atoms with E-state index in [0.29, 0.717) is 16.8 Å². The van der Waals surface area contributed by atoms with Gasteiger partial charge in [-0.3, -0.25) is 14.4 Å². The number of nitrogens with one attached hydrogen (secondary N) is 1. The quantitative estimate of drug-likeness (QED) is 0.752. The fourth-order valence-electron chi connectivity index (χ4n) is 1.85. The molecule has 1 aliphatic rings. The van der Waals surface area contributed by atoms with Gasteiger partial charge in [0.1, 0.15) is 5.82 Å². The SMILES string of the molecule is CC1CCC(=O)N(C)C1.NC(=O)C(=O)Nc1ccc(Cl)cn1. The maximum absolute atomic E-state index is 10.9. The highest BCUT2D eigenvalue weighted by molar-refractivity contribution is 6.39. The molecule has 0 bridgehead atoms. The molecular formula is C14H19ClN4O3. The van der Waals surface area contributed by atoms with Gasteiger partial charge in [-0.2, -0.15) is 0 Å². The first-order valence-electron chi connectivity index (χ1n) is 6.76. The van der Waals surface area contributed by atoms with Crippen molar-refractivity contribution >= 4 is 35.1 Å². The van der Waals surface area contributed by atoms with Crippen LogP contribution in [-0.4, -0.2) is 41.2 Å². The first kappa shape index (κ1) is 17.9. The first-order valence-corrected chi connectivity index (χ1v) is 7.13. The summed E-state index contributed by atoms with van der Waals surface area (Å²) < 4.78 is 0. The minimum absolute atomic E-state index is 0.230. The van der Waals surface area contributed by atoms with Gasteiger partial charge in [0.25, 0.3) is 0 Å². The Bertz CT molecular complexity index is 548. The van der Waals surface area contributed by atoms with E-state index in [2.05, 4.69) is 17.2 Å². The number of pyridine rings is 1. The van der Waals surface area contributed by atoms with Crippen LogP contribution in [0.2, 0.25) is 5.02 Å². The summed E-state index contributed by atoms with van der Waals surface area (Å²) in [6, 6.07) is 2.99. The number of amides is 3. The second-order valence-corrected chi connectivity index (χ2v) is 5.53. The Morgan fingerprint density at radius 1 is 1.45 bits per heavy atom. The zero-order valence-electron chi connectivity index (χ0n) is 12.5. The van der Waals surface area contributed by atoms with Crippen LogP contribution in [-0.2, 0) is 14.4 Å². The molecule has 1 fully saturated rings. The molecule has 1 saturated heterocycles. The second kappa shape index (κ2) is 8.33. The number of carbonyl (C=O) groups excluding carboxylic acids is 3. The van der Waals surface area contributed by atoms with E-state index in [4.69, 9.17) is 17.3 Å². The summed E-state index contributed by atoms with van der Waals surface area (Å²) >= 11 is 5.54. The highest BCUT2D eigenvalue weighted by Crippen LogP contribution is 2.14. The Balaban J connectivity index is 0.000000235. The average Bonchev–Trinajstić information content (AvgIpc) is 2.46. The zero-order valence-corrected chi connectivity index (χ0v) is 13.3. The van der Waals surface area contributed by atoms with Crippen molar-refractivity contribution in [2.45, 2.75) is 19.8 Å². The van der Waals surface area contributed by atoms with Crippen molar-refractivity contribution in [1.29, 1.82) is 0 Å². The summed E-state index contributed by atoms with van der Waals surface area (Å²) in [4.78, 5) is 37.5. The lowest BCUT2D eigenvalue weighted by Crippen LogP contribution is -2.35. The molecule has 0 saturated carbocycles. The number of halogens is 1. The van der Waals surface area contributed by atoms with Crippen LogP contribution < -0.4 is 11.1 Å². The Morgan fingerprint density at radius 2 is 2.14 bits per heavy atom. The van der Waals surface area contributed by atoms with Gasteiger partial charge in [-0.1, -0.05) is 18.5 Å². The number of rotatable bonds is 1. The number of piperidine rings is 1. The summed E-state index contributed by atoms with van der Waals surface area (Å²) in [5.41, 5.74) is 4.71. The molecule has 1 aromatic rings. The van der Waals surface area contributed by atoms with E-state index < -0.39 is 11.8 Å². The number of anilines is 1. The highest BCUT2D eigenvalue weighted by atomic mass is 35.5. The summed E-state index contributed by atoms with van der Waals surface area (Å²) in [6.07, 6.45) is 3.17. The van der Waals surface area contributed by atoms with Crippen LogP contribution in [0, 0.1) is 5.92 Å². The van der Waals surface area contributed by atoms with E-state index in [9.17, 15) is 14.4 Å². The van der Waals surface area contributed by atoms with Gasteiger partial charge in [-0.15, -0.1) is 0 Å². The van der Waals surface area contributed by atoms with Crippen molar-refractivity contribution in [3.63, 3.8) is 0 Å². The van der Waals surface area contributed by atoms with Crippen LogP contribution in [0.25, 0.3) is 0 Å². The molecule has 0 radical (unpaired) electrons. The van der Waals surface area contributed by atoms with E-state index >= 15 is 0 Å². The van der Waals surface area contributed by atoms with Gasteiger partial charge in [0.2, 0.25) is 5.91 Å². The van der Waals surface area contributed by atoms with Gasteiger partial charge in [-0.05, 0) is 24.5 Å². The van der Waals surface area contributed by atoms with Gasteiger partial charge in [-0.25, -0.2) is 4.98 Å². The standard InChI is InChI=1S/C7H6ClN3O2.C7H13NO/c8-4-1-2-5(10-3-4)11-7(13)6(9)12;1-6-3-4-7(9)8(2)5-6/h1-3H,(H2,9,12)(H,10,11,13);6H,3-5H2,1-2H3. The van der Waals surface area contributed by atoms with Crippen molar-refractivity contribution in [2.75, 3.05) is 18.9 Å². The molecule has 120 valence electrons. The van der Waals surface area contributed by atoms with Crippen LogP contribution in [0.15, 0.2) is 18.3 Å². The minimum atomic E-state index is -1.06. The Hall–Kier alpha value is -2.15. The number of nitrogens with two attached hydrogens (primary N) is 1. The molecule has 2 heterocycles. The molecule has 8 heteroatoms. The number of likely N-dealkylation sites (tertiary alicyclic amines) is 1. The summed E-state index contributed by atoms with van der Waals surface area (Å²) in [6.45, 7) is 3.13. The monoisotopic (exact) mass is 326 g/mol. The smallest absolute Gasteiger partial charge is 0.314 e. The third kappa shape index (κ3) is 6.09. The molecule has 0 spiro atoms. The van der Waals surface area contributed by atoms with Crippen molar-refractivity contribution in [3.8, 4) is 0 Å². The van der Waals surface area contributed by atoms with Crippen LogP contribution in [0.5, 0.6) is 0 Å². The van der Waals surface area contributed by atoms with Crippen LogP contribution in [0.3, 0.4) is 0 Å². The lowest BCUT2D eigenvalue weighted by molar-refractivity contribution is -0.134. The van der Waals surface area contributed by atoms with Crippen molar-refractivity contribution in [1.82, 2.24) is 9.88 Å². The van der Waals surface area contributed by atoms with Crippen molar-refractivity contribution in [2.24, 2.45) is 11.7 Å². The van der Waals surface area contributed by atoms with Crippen molar-refractivity contribution in [3.05, 3.63) is 23.4 Å². The third-order valence-corrected chi connectivity index (χ3v) is 3.28. The zero-order chi connectivity index (χ0) is 16.7. The fraction of sp³-hybridized carbons (Fsp3) is 0.429. The summed E-state index contributed by atoms with van der Waals surface area (Å²) in [5.74, 6) is -0.736.